The summed E-state index contributed by atoms with van der Waals surface area (Å²) < 4.78 is 4.88. The van der Waals surface area contributed by atoms with Gasteiger partial charge in [-0.2, -0.15) is 0 Å². The van der Waals surface area contributed by atoms with E-state index in [0.717, 1.165) is 11.3 Å². The summed E-state index contributed by atoms with van der Waals surface area (Å²) in [6.07, 6.45) is 0.872. The Hall–Kier alpha value is -1.22. The predicted octanol–water partition coefficient (Wildman–Crippen LogP) is 1.70. The van der Waals surface area contributed by atoms with Crippen LogP contribution < -0.4 is 5.32 Å². The molecule has 2 saturated carbocycles. The molecule has 0 spiro atoms. The first kappa shape index (κ1) is 16.3. The van der Waals surface area contributed by atoms with Crippen LogP contribution in [0.15, 0.2) is 10.6 Å². The number of carbonyl (C=O) groups is 3. The second-order valence-electron chi connectivity index (χ2n) is 6.64. The van der Waals surface area contributed by atoms with Gasteiger partial charge in [-0.05, 0) is 25.2 Å². The van der Waals surface area contributed by atoms with Crippen LogP contribution in [0.2, 0.25) is 0 Å². The molecule has 9 heteroatoms. The smallest absolute Gasteiger partial charge is 0.245 e. The molecule has 2 aliphatic carbocycles. The van der Waals surface area contributed by atoms with Gasteiger partial charge in [-0.1, -0.05) is 37.0 Å². The van der Waals surface area contributed by atoms with Crippen molar-refractivity contribution in [2.24, 2.45) is 23.7 Å². The van der Waals surface area contributed by atoms with Gasteiger partial charge in [0.25, 0.3) is 0 Å². The van der Waals surface area contributed by atoms with Gasteiger partial charge in [-0.25, -0.2) is 0 Å². The normalized spacial score (nSPS) is 37.2. The van der Waals surface area contributed by atoms with E-state index in [2.05, 4.69) is 42.3 Å². The number of hydrogen-bond acceptors (Lipinski definition) is 5. The molecular weight excluding hydrogens is 446 g/mol. The molecule has 0 aromatic carbocycles. The first-order valence-electron chi connectivity index (χ1n) is 7.75. The van der Waals surface area contributed by atoms with E-state index >= 15 is 0 Å². The van der Waals surface area contributed by atoms with Gasteiger partial charge in [0.2, 0.25) is 17.7 Å². The Morgan fingerprint density at radius 2 is 1.88 bits per heavy atom. The van der Waals surface area contributed by atoms with Crippen molar-refractivity contribution in [2.75, 3.05) is 11.9 Å². The van der Waals surface area contributed by atoms with Crippen molar-refractivity contribution < 1.29 is 18.9 Å². The molecule has 128 valence electrons. The van der Waals surface area contributed by atoms with Gasteiger partial charge in [0.15, 0.2) is 5.82 Å². The number of amides is 3. The summed E-state index contributed by atoms with van der Waals surface area (Å²) in [5, 5.41) is 6.22. The lowest BCUT2D eigenvalue weighted by atomic mass is 9.81. The predicted molar refractivity (Wildman–Crippen MR) is 90.6 cm³/mol. The number of nitrogens with one attached hydrogen (secondary N) is 1. The van der Waals surface area contributed by atoms with Crippen molar-refractivity contribution in [1.82, 2.24) is 10.1 Å². The number of anilines is 1. The zero-order valence-corrected chi connectivity index (χ0v) is 15.9. The van der Waals surface area contributed by atoms with Crippen LogP contribution in [0.1, 0.15) is 12.2 Å². The summed E-state index contributed by atoms with van der Waals surface area (Å²) >= 11 is 7.27. The molecule has 7 nitrogen and oxygen atoms in total. The van der Waals surface area contributed by atoms with Crippen LogP contribution in [0.5, 0.6) is 0 Å². The van der Waals surface area contributed by atoms with Crippen LogP contribution in [-0.4, -0.2) is 44.0 Å². The molecule has 2 bridgehead atoms. The molecule has 0 radical (unpaired) electrons. The summed E-state index contributed by atoms with van der Waals surface area (Å²) in [5.41, 5.74) is 0. The molecule has 3 fully saturated rings. The monoisotopic (exact) mass is 459 g/mol. The Balaban J connectivity index is 1.48. The Morgan fingerprint density at radius 1 is 1.29 bits per heavy atom. The minimum absolute atomic E-state index is 0.145. The maximum Gasteiger partial charge on any atom is 0.245 e. The zero-order valence-electron chi connectivity index (χ0n) is 12.7. The lowest BCUT2D eigenvalue weighted by Gasteiger charge is -2.28. The summed E-state index contributed by atoms with van der Waals surface area (Å²) in [7, 11) is 0. The van der Waals surface area contributed by atoms with E-state index in [9.17, 15) is 14.4 Å². The Morgan fingerprint density at radius 3 is 2.38 bits per heavy atom. The second-order valence-corrected chi connectivity index (χ2v) is 8.75. The maximum atomic E-state index is 12.7. The van der Waals surface area contributed by atoms with Gasteiger partial charge in [-0.15, -0.1) is 0 Å². The molecule has 3 aliphatic rings. The molecule has 2 heterocycles. The fourth-order valence-electron chi connectivity index (χ4n) is 4.32. The van der Waals surface area contributed by atoms with E-state index in [-0.39, 0.29) is 57.5 Å². The number of rotatable bonds is 3. The van der Waals surface area contributed by atoms with E-state index in [4.69, 9.17) is 4.52 Å². The standard InChI is InChI=1S/C15H15Br2N3O4/c1-5-2-8(19-24-5)18-9(21)4-20-14(22)10-6-3-7(11(10)15(20)23)13(17)12(6)16/h2,6-7,10-13H,3-4H2,1H3,(H,18,19,21)/t6-,7+,10-,11+,12-,13+. The van der Waals surface area contributed by atoms with Crippen molar-refractivity contribution >= 4 is 55.4 Å². The van der Waals surface area contributed by atoms with Crippen molar-refractivity contribution in [3.63, 3.8) is 0 Å². The van der Waals surface area contributed by atoms with Crippen molar-refractivity contribution in [2.45, 2.75) is 23.0 Å². The van der Waals surface area contributed by atoms with Gasteiger partial charge >= 0.3 is 0 Å². The molecule has 1 N–H and O–H groups in total. The fraction of sp³-hybridized carbons (Fsp3) is 0.600. The van der Waals surface area contributed by atoms with Gasteiger partial charge in [0, 0.05) is 15.7 Å². The molecule has 6 atom stereocenters. The van der Waals surface area contributed by atoms with Crippen LogP contribution >= 0.6 is 31.9 Å². The summed E-state index contributed by atoms with van der Waals surface area (Å²) in [4.78, 5) is 39.0. The molecule has 1 aromatic rings. The first-order chi connectivity index (χ1) is 11.4. The number of nitrogens with zero attached hydrogens (tertiary/aromatic N) is 2. The number of aromatic nitrogens is 1. The van der Waals surface area contributed by atoms with E-state index in [1.807, 2.05) is 0 Å². The van der Waals surface area contributed by atoms with Crippen LogP contribution in [0.3, 0.4) is 0 Å². The number of imide groups is 1. The van der Waals surface area contributed by atoms with Crippen LogP contribution in [0.25, 0.3) is 0 Å². The second kappa shape index (κ2) is 5.66. The third-order valence-corrected chi connectivity index (χ3v) is 8.48. The van der Waals surface area contributed by atoms with Crippen LogP contribution in [-0.2, 0) is 14.4 Å². The maximum absolute atomic E-state index is 12.7. The topological polar surface area (TPSA) is 92.5 Å². The molecular formula is C15H15Br2N3O4. The molecule has 1 aliphatic heterocycles. The molecule has 0 unspecified atom stereocenters. The van der Waals surface area contributed by atoms with Gasteiger partial charge in [0.05, 0.1) is 11.8 Å². The highest BCUT2D eigenvalue weighted by Gasteiger charge is 2.66. The highest BCUT2D eigenvalue weighted by Crippen LogP contribution is 2.60. The third kappa shape index (κ3) is 2.28. The SMILES string of the molecule is Cc1cc(NC(=O)CN2C(=O)[C@@H]3[C@H]4C[C@H]([C@H](Br)[C@@H]4Br)[C@@H]3C2=O)no1. The minimum atomic E-state index is -0.455. The van der Waals surface area contributed by atoms with Crippen molar-refractivity contribution in [1.29, 1.82) is 0 Å². The van der Waals surface area contributed by atoms with Gasteiger partial charge < -0.3 is 9.84 Å². The quantitative estimate of drug-likeness (QED) is 0.547. The van der Waals surface area contributed by atoms with E-state index in [0.29, 0.717) is 5.76 Å². The van der Waals surface area contributed by atoms with E-state index < -0.39 is 5.91 Å². The number of alkyl halides is 2. The minimum Gasteiger partial charge on any atom is -0.360 e. The van der Waals surface area contributed by atoms with Crippen LogP contribution in [0, 0.1) is 30.6 Å². The molecule has 4 rings (SSSR count). The molecule has 1 saturated heterocycles. The van der Waals surface area contributed by atoms with E-state index in [1.54, 1.807) is 13.0 Å². The number of fused-ring (bicyclic) bond motifs is 5. The molecule has 1 aromatic heterocycles. The number of aryl methyl sites for hydroxylation is 1. The average Bonchev–Trinajstić information content (AvgIpc) is 3.23. The number of halogens is 2. The van der Waals surface area contributed by atoms with Crippen molar-refractivity contribution in [3.05, 3.63) is 11.8 Å². The van der Waals surface area contributed by atoms with Crippen molar-refractivity contribution in [3.8, 4) is 0 Å². The highest BCUT2D eigenvalue weighted by atomic mass is 79.9. The Labute approximate surface area is 154 Å². The number of likely N-dealkylation sites (tertiary alicyclic amines) is 1. The average molecular weight is 461 g/mol. The number of hydrogen-bond donors (Lipinski definition) is 1. The van der Waals surface area contributed by atoms with Crippen LogP contribution in [0.4, 0.5) is 5.82 Å². The molecule has 24 heavy (non-hydrogen) atoms. The first-order valence-corrected chi connectivity index (χ1v) is 9.58. The summed E-state index contributed by atoms with van der Waals surface area (Å²) in [5.74, 6) is -0.386. The largest absolute Gasteiger partial charge is 0.360 e. The third-order valence-electron chi connectivity index (χ3n) is 5.28. The zero-order chi connectivity index (χ0) is 17.2. The highest BCUT2D eigenvalue weighted by molar-refractivity contribution is 9.12. The Kier molecular flexibility index (Phi) is 3.83. The van der Waals surface area contributed by atoms with Gasteiger partial charge in [0.1, 0.15) is 12.3 Å². The summed E-state index contributed by atoms with van der Waals surface area (Å²) in [6, 6.07) is 1.57. The lowest BCUT2D eigenvalue weighted by molar-refractivity contribution is -0.143. The fourth-order valence-corrected chi connectivity index (χ4v) is 6.19. The number of carbonyl (C=O) groups excluding carboxylic acids is 3. The van der Waals surface area contributed by atoms with E-state index in [1.165, 1.54) is 0 Å². The Bertz CT molecular complexity index is 704. The molecule has 3 amide bonds. The van der Waals surface area contributed by atoms with Gasteiger partial charge in [-0.3, -0.25) is 19.3 Å². The summed E-state index contributed by atoms with van der Waals surface area (Å²) in [6.45, 7) is 1.43. The lowest BCUT2D eigenvalue weighted by Crippen LogP contribution is -2.39.